The van der Waals surface area contributed by atoms with Crippen molar-refractivity contribution in [3.63, 3.8) is 0 Å². The van der Waals surface area contributed by atoms with Crippen molar-refractivity contribution in [3.8, 4) is 17.1 Å². The summed E-state index contributed by atoms with van der Waals surface area (Å²) in [6.45, 7) is 4.27. The highest BCUT2D eigenvalue weighted by atomic mass is 127. The van der Waals surface area contributed by atoms with Gasteiger partial charge in [-0.25, -0.2) is 4.99 Å². The molecule has 0 bridgehead atoms. The van der Waals surface area contributed by atoms with E-state index in [1.54, 1.807) is 17.6 Å². The molecule has 0 saturated heterocycles. The summed E-state index contributed by atoms with van der Waals surface area (Å²) in [7, 11) is 0. The third-order valence-corrected chi connectivity index (χ3v) is 8.54. The van der Waals surface area contributed by atoms with Crippen LogP contribution in [0.25, 0.3) is 17.4 Å². The molecule has 210 valence electrons. The monoisotopic (exact) mass is 687 g/mol. The molecule has 2 aromatic heterocycles. The number of carbonyl (C=O) groups is 1. The van der Waals surface area contributed by atoms with Gasteiger partial charge in [0.2, 0.25) is 0 Å². The van der Waals surface area contributed by atoms with Gasteiger partial charge in [-0.3, -0.25) is 14.2 Å². The standard InChI is InChI=1S/C33H26IN3O4S/c1-3-40-25-15-11-22(12-16-25)30-29(31(38)36-24-7-5-4-6-8-24)20(2)35-33-37(30)32(39)28(42-33)19-26-17-18-27(41-26)21-9-13-23(34)14-10-21/h4-19,30H,3H2,1-2H3,(H,36,38)/b28-19-/t30-/m1/s1. The quantitative estimate of drug-likeness (QED) is 0.209. The zero-order valence-electron chi connectivity index (χ0n) is 22.8. The number of hydrogen-bond acceptors (Lipinski definition) is 6. The molecule has 3 heterocycles. The largest absolute Gasteiger partial charge is 0.494 e. The molecule has 7 nitrogen and oxygen atoms in total. The fourth-order valence-corrected chi connectivity index (χ4v) is 6.28. The van der Waals surface area contributed by atoms with Crippen molar-refractivity contribution in [3.05, 3.63) is 137 Å². The van der Waals surface area contributed by atoms with E-state index in [-0.39, 0.29) is 11.5 Å². The third kappa shape index (κ3) is 5.62. The summed E-state index contributed by atoms with van der Waals surface area (Å²) < 4.78 is 14.9. The van der Waals surface area contributed by atoms with Gasteiger partial charge in [0.1, 0.15) is 17.3 Å². The number of para-hydroxylation sites is 1. The number of amides is 1. The first-order valence-electron chi connectivity index (χ1n) is 13.4. The van der Waals surface area contributed by atoms with Gasteiger partial charge in [0.05, 0.1) is 28.5 Å². The number of carbonyl (C=O) groups excluding carboxylic acids is 1. The van der Waals surface area contributed by atoms with Gasteiger partial charge in [-0.2, -0.15) is 0 Å². The summed E-state index contributed by atoms with van der Waals surface area (Å²) in [4.78, 5) is 32.9. The number of anilines is 1. The molecule has 1 atom stereocenters. The van der Waals surface area contributed by atoms with Crippen LogP contribution in [0.4, 0.5) is 5.69 Å². The van der Waals surface area contributed by atoms with Gasteiger partial charge in [-0.05, 0) is 90.5 Å². The molecule has 9 heteroatoms. The Morgan fingerprint density at radius 1 is 1.05 bits per heavy atom. The zero-order valence-corrected chi connectivity index (χ0v) is 25.8. The summed E-state index contributed by atoms with van der Waals surface area (Å²) in [5.74, 6) is 1.67. The lowest BCUT2D eigenvalue weighted by Gasteiger charge is -2.25. The Kier molecular flexibility index (Phi) is 7.94. The molecule has 1 amide bonds. The van der Waals surface area contributed by atoms with Gasteiger partial charge in [-0.15, -0.1) is 0 Å². The van der Waals surface area contributed by atoms with Crippen LogP contribution in [0.3, 0.4) is 0 Å². The maximum Gasteiger partial charge on any atom is 0.271 e. The topological polar surface area (TPSA) is 85.8 Å². The molecule has 42 heavy (non-hydrogen) atoms. The summed E-state index contributed by atoms with van der Waals surface area (Å²) in [5.41, 5.74) is 3.10. The number of aromatic nitrogens is 1. The molecule has 1 aliphatic rings. The number of rotatable bonds is 7. The minimum absolute atomic E-state index is 0.248. The highest BCUT2D eigenvalue weighted by Crippen LogP contribution is 2.32. The molecule has 0 spiro atoms. The molecule has 3 aromatic carbocycles. The van der Waals surface area contributed by atoms with E-state index in [1.807, 2.05) is 97.9 Å². The molecule has 6 rings (SSSR count). The molecular weight excluding hydrogens is 661 g/mol. The highest BCUT2D eigenvalue weighted by Gasteiger charge is 2.32. The molecular formula is C33H26IN3O4S. The van der Waals surface area contributed by atoms with Crippen molar-refractivity contribution in [1.82, 2.24) is 4.57 Å². The Hall–Kier alpha value is -4.22. The Bertz CT molecular complexity index is 1970. The number of halogens is 1. The maximum absolute atomic E-state index is 14.0. The zero-order chi connectivity index (χ0) is 29.2. The number of fused-ring (bicyclic) bond motifs is 1. The van der Waals surface area contributed by atoms with E-state index in [4.69, 9.17) is 14.1 Å². The predicted molar refractivity (Wildman–Crippen MR) is 173 cm³/mol. The van der Waals surface area contributed by atoms with E-state index < -0.39 is 6.04 Å². The molecule has 0 fully saturated rings. The first kappa shape index (κ1) is 27.9. The molecule has 0 radical (unpaired) electrons. The van der Waals surface area contributed by atoms with Crippen molar-refractivity contribution >= 4 is 51.6 Å². The summed E-state index contributed by atoms with van der Waals surface area (Å²) in [5, 5.41) is 2.98. The van der Waals surface area contributed by atoms with Crippen molar-refractivity contribution in [2.75, 3.05) is 11.9 Å². The predicted octanol–water partition coefficient (Wildman–Crippen LogP) is 6.14. The van der Waals surface area contributed by atoms with Crippen LogP contribution in [0, 0.1) is 3.57 Å². The van der Waals surface area contributed by atoms with Crippen molar-refractivity contribution in [2.45, 2.75) is 19.9 Å². The average Bonchev–Trinajstić information content (AvgIpc) is 3.58. The summed E-state index contributed by atoms with van der Waals surface area (Å²) >= 11 is 3.54. The molecule has 0 saturated carbocycles. The molecule has 0 unspecified atom stereocenters. The van der Waals surface area contributed by atoms with Gasteiger partial charge in [-0.1, -0.05) is 53.8 Å². The molecule has 1 aliphatic heterocycles. The Morgan fingerprint density at radius 2 is 1.79 bits per heavy atom. The Balaban J connectivity index is 1.44. The number of allylic oxidation sites excluding steroid dienone is 1. The minimum atomic E-state index is -0.679. The van der Waals surface area contributed by atoms with Crippen LogP contribution < -0.4 is 24.9 Å². The Labute approximate surface area is 259 Å². The number of benzene rings is 3. The van der Waals surface area contributed by atoms with E-state index in [9.17, 15) is 9.59 Å². The van der Waals surface area contributed by atoms with Crippen molar-refractivity contribution in [2.24, 2.45) is 4.99 Å². The lowest BCUT2D eigenvalue weighted by molar-refractivity contribution is -0.113. The van der Waals surface area contributed by atoms with E-state index in [2.05, 4.69) is 27.9 Å². The number of hydrogen-bond donors (Lipinski definition) is 1. The third-order valence-electron chi connectivity index (χ3n) is 6.83. The van der Waals surface area contributed by atoms with Crippen LogP contribution in [-0.2, 0) is 4.79 Å². The second kappa shape index (κ2) is 11.9. The fraction of sp³-hybridized carbons (Fsp3) is 0.121. The lowest BCUT2D eigenvalue weighted by Crippen LogP contribution is -2.40. The average molecular weight is 688 g/mol. The number of nitrogens with one attached hydrogen (secondary N) is 1. The van der Waals surface area contributed by atoms with Gasteiger partial charge in [0.25, 0.3) is 11.5 Å². The van der Waals surface area contributed by atoms with Gasteiger partial charge in [0.15, 0.2) is 4.80 Å². The first-order chi connectivity index (χ1) is 20.4. The van der Waals surface area contributed by atoms with Crippen LogP contribution in [0.5, 0.6) is 5.75 Å². The van der Waals surface area contributed by atoms with Crippen LogP contribution >= 0.6 is 33.9 Å². The normalized spacial score (nSPS) is 14.8. The van der Waals surface area contributed by atoms with E-state index in [1.165, 1.54) is 11.3 Å². The van der Waals surface area contributed by atoms with Crippen LogP contribution in [0.1, 0.15) is 31.2 Å². The number of ether oxygens (including phenoxy) is 1. The number of nitrogens with zero attached hydrogens (tertiary/aromatic N) is 2. The maximum atomic E-state index is 14.0. The van der Waals surface area contributed by atoms with Gasteiger partial charge < -0.3 is 14.5 Å². The number of thiazole rings is 1. The van der Waals surface area contributed by atoms with Gasteiger partial charge in [0, 0.05) is 20.9 Å². The van der Waals surface area contributed by atoms with Crippen LogP contribution in [0.2, 0.25) is 0 Å². The van der Waals surface area contributed by atoms with Crippen molar-refractivity contribution < 1.29 is 13.9 Å². The number of furan rings is 1. The van der Waals surface area contributed by atoms with Crippen LogP contribution in [-0.4, -0.2) is 17.1 Å². The van der Waals surface area contributed by atoms with Gasteiger partial charge >= 0.3 is 0 Å². The highest BCUT2D eigenvalue weighted by molar-refractivity contribution is 14.1. The van der Waals surface area contributed by atoms with E-state index in [0.717, 1.165) is 14.7 Å². The van der Waals surface area contributed by atoms with E-state index in [0.29, 0.717) is 50.2 Å². The molecule has 1 N–H and O–H groups in total. The minimum Gasteiger partial charge on any atom is -0.494 e. The Morgan fingerprint density at radius 3 is 2.50 bits per heavy atom. The first-order valence-corrected chi connectivity index (χ1v) is 15.3. The van der Waals surface area contributed by atoms with E-state index >= 15 is 0 Å². The fourth-order valence-electron chi connectivity index (χ4n) is 4.89. The second-order valence-electron chi connectivity index (χ2n) is 9.61. The second-order valence-corrected chi connectivity index (χ2v) is 11.9. The van der Waals surface area contributed by atoms with Crippen LogP contribution in [0.15, 0.2) is 116 Å². The summed E-state index contributed by atoms with van der Waals surface area (Å²) in [6, 6.07) is 27.8. The SMILES string of the molecule is CCOc1ccc([C@@H]2C(C(=O)Nc3ccccc3)=C(C)N=c3s/c(=C\c4ccc(-c5ccc(I)cc5)o4)c(=O)n32)cc1. The smallest absolute Gasteiger partial charge is 0.271 e. The summed E-state index contributed by atoms with van der Waals surface area (Å²) in [6.07, 6.45) is 1.73. The lowest BCUT2D eigenvalue weighted by atomic mass is 9.95. The van der Waals surface area contributed by atoms with Crippen molar-refractivity contribution in [1.29, 1.82) is 0 Å². The molecule has 5 aromatic rings. The molecule has 0 aliphatic carbocycles.